The van der Waals surface area contributed by atoms with Crippen molar-refractivity contribution in [1.82, 2.24) is 9.97 Å². The van der Waals surface area contributed by atoms with Crippen LogP contribution < -0.4 is 5.32 Å². The van der Waals surface area contributed by atoms with Crippen molar-refractivity contribution in [2.75, 3.05) is 5.32 Å². The fourth-order valence-electron chi connectivity index (χ4n) is 1.34. The number of hydrogen-bond donors (Lipinski definition) is 3. The number of H-pyrrole nitrogens is 1. The summed E-state index contributed by atoms with van der Waals surface area (Å²) in [5.74, 6) is -1.60. The summed E-state index contributed by atoms with van der Waals surface area (Å²) in [5, 5.41) is 11.4. The molecule has 2 aromatic rings. The van der Waals surface area contributed by atoms with Crippen molar-refractivity contribution in [3.63, 3.8) is 0 Å². The molecular weight excluding hydrogens is 222 g/mol. The first kappa shape index (κ1) is 10.9. The first-order valence-corrected chi connectivity index (χ1v) is 4.81. The topological polar surface area (TPSA) is 95.1 Å². The highest BCUT2D eigenvalue weighted by atomic mass is 16.4. The van der Waals surface area contributed by atoms with Gasteiger partial charge in [-0.1, -0.05) is 0 Å². The van der Waals surface area contributed by atoms with Crippen LogP contribution >= 0.6 is 0 Å². The predicted octanol–water partition coefficient (Wildman–Crippen LogP) is 1.36. The molecule has 3 N–H and O–H groups in total. The van der Waals surface area contributed by atoms with Crippen molar-refractivity contribution in [2.45, 2.75) is 0 Å². The molecule has 17 heavy (non-hydrogen) atoms. The first-order valence-electron chi connectivity index (χ1n) is 4.81. The standard InChI is InChI=1S/C11H9N3O3/c15-10(8-4-2-5-12-8)14-7-3-1-6-13-9(7)11(16)17/h1-6,12H,(H,14,15)(H,16,17). The van der Waals surface area contributed by atoms with E-state index in [0.717, 1.165) is 0 Å². The maximum Gasteiger partial charge on any atom is 0.356 e. The number of hydrogen-bond acceptors (Lipinski definition) is 3. The van der Waals surface area contributed by atoms with Crippen LogP contribution in [-0.2, 0) is 0 Å². The Morgan fingerprint density at radius 3 is 2.76 bits per heavy atom. The SMILES string of the molecule is O=C(Nc1cccnc1C(=O)O)c1ccc[nH]1. The predicted molar refractivity (Wildman–Crippen MR) is 59.9 cm³/mol. The van der Waals surface area contributed by atoms with E-state index in [1.807, 2.05) is 0 Å². The highest BCUT2D eigenvalue weighted by molar-refractivity contribution is 6.06. The summed E-state index contributed by atoms with van der Waals surface area (Å²) in [4.78, 5) is 29.0. The smallest absolute Gasteiger partial charge is 0.356 e. The number of carboxylic acid groups (broad SMARTS) is 1. The molecule has 0 radical (unpaired) electrons. The number of aromatic amines is 1. The van der Waals surface area contributed by atoms with E-state index in [2.05, 4.69) is 15.3 Å². The molecule has 0 aliphatic carbocycles. The maximum atomic E-state index is 11.7. The lowest BCUT2D eigenvalue weighted by Crippen LogP contribution is -2.15. The molecule has 0 aliphatic rings. The third kappa shape index (κ3) is 2.31. The monoisotopic (exact) mass is 231 g/mol. The summed E-state index contributed by atoms with van der Waals surface area (Å²) >= 11 is 0. The number of nitrogens with one attached hydrogen (secondary N) is 2. The van der Waals surface area contributed by atoms with Crippen LogP contribution in [0.2, 0.25) is 0 Å². The third-order valence-corrected chi connectivity index (χ3v) is 2.10. The summed E-state index contributed by atoms with van der Waals surface area (Å²) in [6, 6.07) is 6.30. The molecule has 6 nitrogen and oxygen atoms in total. The van der Waals surface area contributed by atoms with Gasteiger partial charge in [-0.3, -0.25) is 4.79 Å². The average Bonchev–Trinajstić information content (AvgIpc) is 2.83. The van der Waals surface area contributed by atoms with Crippen molar-refractivity contribution in [3.8, 4) is 0 Å². The van der Waals surface area contributed by atoms with E-state index in [1.165, 1.54) is 12.3 Å². The molecule has 0 atom stereocenters. The lowest BCUT2D eigenvalue weighted by molar-refractivity contribution is 0.0692. The number of pyridine rings is 1. The second-order valence-corrected chi connectivity index (χ2v) is 3.24. The zero-order valence-corrected chi connectivity index (χ0v) is 8.68. The number of aromatic nitrogens is 2. The molecule has 2 rings (SSSR count). The maximum absolute atomic E-state index is 11.7. The summed E-state index contributed by atoms with van der Waals surface area (Å²) in [6.07, 6.45) is 2.96. The van der Waals surface area contributed by atoms with E-state index < -0.39 is 11.9 Å². The van der Waals surface area contributed by atoms with Crippen LogP contribution in [0.4, 0.5) is 5.69 Å². The molecule has 0 bridgehead atoms. The van der Waals surface area contributed by atoms with Gasteiger partial charge in [0, 0.05) is 12.4 Å². The van der Waals surface area contributed by atoms with Crippen LogP contribution in [0, 0.1) is 0 Å². The number of aromatic carboxylic acids is 1. The highest BCUT2D eigenvalue weighted by Gasteiger charge is 2.14. The minimum atomic E-state index is -1.19. The van der Waals surface area contributed by atoms with Gasteiger partial charge in [0.25, 0.3) is 5.91 Å². The quantitative estimate of drug-likeness (QED) is 0.743. The Morgan fingerprint density at radius 1 is 1.29 bits per heavy atom. The lowest BCUT2D eigenvalue weighted by atomic mass is 10.3. The van der Waals surface area contributed by atoms with Crippen molar-refractivity contribution in [2.24, 2.45) is 0 Å². The van der Waals surface area contributed by atoms with E-state index in [4.69, 9.17) is 5.11 Å². The van der Waals surface area contributed by atoms with Gasteiger partial charge in [0.2, 0.25) is 0 Å². The Balaban J connectivity index is 2.25. The van der Waals surface area contributed by atoms with Crippen molar-refractivity contribution in [1.29, 1.82) is 0 Å². The van der Waals surface area contributed by atoms with Crippen LogP contribution in [0.15, 0.2) is 36.7 Å². The van der Waals surface area contributed by atoms with Gasteiger partial charge < -0.3 is 15.4 Å². The molecule has 0 saturated heterocycles. The largest absolute Gasteiger partial charge is 0.476 e. The molecule has 0 aromatic carbocycles. The molecule has 0 unspecified atom stereocenters. The van der Waals surface area contributed by atoms with E-state index >= 15 is 0 Å². The normalized spacial score (nSPS) is 9.88. The third-order valence-electron chi connectivity index (χ3n) is 2.10. The van der Waals surface area contributed by atoms with Crippen LogP contribution in [-0.4, -0.2) is 27.0 Å². The number of rotatable bonds is 3. The molecular formula is C11H9N3O3. The van der Waals surface area contributed by atoms with Gasteiger partial charge in [-0.15, -0.1) is 0 Å². The van der Waals surface area contributed by atoms with E-state index in [0.29, 0.717) is 5.69 Å². The number of anilines is 1. The fraction of sp³-hybridized carbons (Fsp3) is 0. The highest BCUT2D eigenvalue weighted by Crippen LogP contribution is 2.13. The zero-order chi connectivity index (χ0) is 12.3. The Bertz CT molecular complexity index is 549. The second-order valence-electron chi connectivity index (χ2n) is 3.24. The molecule has 1 amide bonds. The second kappa shape index (κ2) is 4.48. The average molecular weight is 231 g/mol. The van der Waals surface area contributed by atoms with Gasteiger partial charge in [0.15, 0.2) is 5.69 Å². The number of amides is 1. The number of carbonyl (C=O) groups is 2. The van der Waals surface area contributed by atoms with Crippen LogP contribution in [0.3, 0.4) is 0 Å². The molecule has 2 aromatic heterocycles. The van der Waals surface area contributed by atoms with E-state index in [-0.39, 0.29) is 11.4 Å². The van der Waals surface area contributed by atoms with Crippen molar-refractivity contribution >= 4 is 17.6 Å². The molecule has 86 valence electrons. The van der Waals surface area contributed by atoms with Gasteiger partial charge in [-0.2, -0.15) is 0 Å². The zero-order valence-electron chi connectivity index (χ0n) is 8.68. The molecule has 0 saturated carbocycles. The van der Waals surface area contributed by atoms with Gasteiger partial charge in [-0.25, -0.2) is 9.78 Å². The Kier molecular flexibility index (Phi) is 2.87. The number of nitrogens with zero attached hydrogens (tertiary/aromatic N) is 1. The fourth-order valence-corrected chi connectivity index (χ4v) is 1.34. The molecule has 0 spiro atoms. The van der Waals surface area contributed by atoms with Gasteiger partial charge >= 0.3 is 5.97 Å². The Morgan fingerprint density at radius 2 is 2.12 bits per heavy atom. The molecule has 0 aliphatic heterocycles. The van der Waals surface area contributed by atoms with Gasteiger partial charge in [-0.05, 0) is 24.3 Å². The lowest BCUT2D eigenvalue weighted by Gasteiger charge is -2.05. The Hall–Kier alpha value is -2.63. The van der Waals surface area contributed by atoms with Crippen LogP contribution in [0.5, 0.6) is 0 Å². The summed E-state index contributed by atoms with van der Waals surface area (Å²) < 4.78 is 0. The van der Waals surface area contributed by atoms with Crippen molar-refractivity contribution in [3.05, 3.63) is 48.0 Å². The van der Waals surface area contributed by atoms with Gasteiger partial charge in [0.05, 0.1) is 5.69 Å². The minimum absolute atomic E-state index is 0.166. The van der Waals surface area contributed by atoms with E-state index in [1.54, 1.807) is 24.4 Å². The first-order chi connectivity index (χ1) is 8.18. The van der Waals surface area contributed by atoms with Crippen molar-refractivity contribution < 1.29 is 14.7 Å². The van der Waals surface area contributed by atoms with Crippen LogP contribution in [0.25, 0.3) is 0 Å². The van der Waals surface area contributed by atoms with E-state index in [9.17, 15) is 9.59 Å². The van der Waals surface area contributed by atoms with Gasteiger partial charge in [0.1, 0.15) is 5.69 Å². The molecule has 2 heterocycles. The summed E-state index contributed by atoms with van der Waals surface area (Å²) in [6.45, 7) is 0. The van der Waals surface area contributed by atoms with Crippen LogP contribution in [0.1, 0.15) is 21.0 Å². The number of carboxylic acids is 1. The molecule has 6 heteroatoms. The Labute approximate surface area is 96.3 Å². The molecule has 0 fully saturated rings. The summed E-state index contributed by atoms with van der Waals surface area (Å²) in [7, 11) is 0. The minimum Gasteiger partial charge on any atom is -0.476 e. The number of carbonyl (C=O) groups excluding carboxylic acids is 1. The summed E-state index contributed by atoms with van der Waals surface area (Å²) in [5.41, 5.74) is 0.331.